The fourth-order valence-electron chi connectivity index (χ4n) is 2.49. The lowest BCUT2D eigenvalue weighted by Gasteiger charge is -2.09. The van der Waals surface area contributed by atoms with Gasteiger partial charge in [0.15, 0.2) is 5.78 Å². The maximum absolute atomic E-state index is 12.5. The summed E-state index contributed by atoms with van der Waals surface area (Å²) >= 11 is 1.14. The first-order valence-corrected chi connectivity index (χ1v) is 9.38. The number of Topliss-reactive ketones (excluding diaryl/α,β-unsaturated/α-hetero) is 1. The number of ketones is 1. The Morgan fingerprint density at radius 2 is 1.79 bits per heavy atom. The zero-order valence-corrected chi connectivity index (χ0v) is 16.3. The highest BCUT2D eigenvalue weighted by Crippen LogP contribution is 2.29. The topological polar surface area (TPSA) is 65.2 Å². The SMILES string of the molecule is Cc1ccc(-c2nnc(S[C@@H](C)C(=O)c3ccc(OC(F)F)cc3)o2)cc1C. The molecule has 1 atom stereocenters. The van der Waals surface area contributed by atoms with E-state index in [0.29, 0.717) is 11.5 Å². The summed E-state index contributed by atoms with van der Waals surface area (Å²) in [4.78, 5) is 12.5. The number of alkyl halides is 2. The van der Waals surface area contributed by atoms with Crippen LogP contribution in [0.5, 0.6) is 5.75 Å². The number of aromatic nitrogens is 2. The Morgan fingerprint density at radius 1 is 1.07 bits per heavy atom. The number of thioether (sulfide) groups is 1. The van der Waals surface area contributed by atoms with E-state index >= 15 is 0 Å². The molecule has 0 aliphatic heterocycles. The van der Waals surface area contributed by atoms with Gasteiger partial charge in [0, 0.05) is 11.1 Å². The van der Waals surface area contributed by atoms with Crippen LogP contribution in [0.2, 0.25) is 0 Å². The van der Waals surface area contributed by atoms with Crippen molar-refractivity contribution in [3.63, 3.8) is 0 Å². The second kappa shape index (κ2) is 8.52. The second-order valence-electron chi connectivity index (χ2n) is 6.20. The Balaban J connectivity index is 1.67. The highest BCUT2D eigenvalue weighted by molar-refractivity contribution is 8.00. The van der Waals surface area contributed by atoms with E-state index in [4.69, 9.17) is 4.42 Å². The molecule has 0 radical (unpaired) electrons. The van der Waals surface area contributed by atoms with Gasteiger partial charge in [-0.1, -0.05) is 17.8 Å². The minimum Gasteiger partial charge on any atom is -0.435 e. The van der Waals surface area contributed by atoms with E-state index in [1.54, 1.807) is 6.92 Å². The number of nitrogens with zero attached hydrogens (tertiary/aromatic N) is 2. The molecular weight excluding hydrogens is 386 g/mol. The van der Waals surface area contributed by atoms with Crippen molar-refractivity contribution >= 4 is 17.5 Å². The van der Waals surface area contributed by atoms with Crippen LogP contribution in [-0.2, 0) is 0 Å². The van der Waals surface area contributed by atoms with Crippen LogP contribution in [0.15, 0.2) is 52.1 Å². The molecule has 28 heavy (non-hydrogen) atoms. The lowest BCUT2D eigenvalue weighted by atomic mass is 10.1. The number of ether oxygens (including phenoxy) is 1. The maximum atomic E-state index is 12.5. The number of rotatable bonds is 7. The van der Waals surface area contributed by atoms with Gasteiger partial charge in [0.05, 0.1) is 5.25 Å². The molecule has 3 aromatic rings. The zero-order chi connectivity index (χ0) is 20.3. The molecule has 8 heteroatoms. The van der Waals surface area contributed by atoms with Crippen molar-refractivity contribution in [1.82, 2.24) is 10.2 Å². The minimum absolute atomic E-state index is 0.00166. The van der Waals surface area contributed by atoms with E-state index in [1.165, 1.54) is 29.8 Å². The maximum Gasteiger partial charge on any atom is 0.387 e. The van der Waals surface area contributed by atoms with Crippen LogP contribution < -0.4 is 4.74 Å². The van der Waals surface area contributed by atoms with E-state index in [9.17, 15) is 13.6 Å². The van der Waals surface area contributed by atoms with Gasteiger partial charge in [-0.05, 0) is 68.3 Å². The van der Waals surface area contributed by atoms with Gasteiger partial charge < -0.3 is 9.15 Å². The summed E-state index contributed by atoms with van der Waals surface area (Å²) in [5.74, 6) is 0.208. The molecule has 0 aliphatic rings. The van der Waals surface area contributed by atoms with Crippen LogP contribution in [0.3, 0.4) is 0 Å². The van der Waals surface area contributed by atoms with Crippen molar-refractivity contribution in [3.05, 3.63) is 59.2 Å². The Morgan fingerprint density at radius 3 is 2.43 bits per heavy atom. The van der Waals surface area contributed by atoms with Crippen molar-refractivity contribution in [2.45, 2.75) is 37.9 Å². The van der Waals surface area contributed by atoms with Crippen LogP contribution >= 0.6 is 11.8 Å². The Kier molecular flexibility index (Phi) is 6.08. The smallest absolute Gasteiger partial charge is 0.387 e. The summed E-state index contributed by atoms with van der Waals surface area (Å²) in [6.45, 7) is 2.84. The van der Waals surface area contributed by atoms with Crippen LogP contribution in [0.25, 0.3) is 11.5 Å². The molecular formula is C20H18F2N2O3S. The zero-order valence-electron chi connectivity index (χ0n) is 15.5. The molecule has 0 saturated carbocycles. The first-order chi connectivity index (χ1) is 13.3. The number of carbonyl (C=O) groups is 1. The minimum atomic E-state index is -2.90. The highest BCUT2D eigenvalue weighted by atomic mass is 32.2. The van der Waals surface area contributed by atoms with Gasteiger partial charge >= 0.3 is 6.61 Å². The highest BCUT2D eigenvalue weighted by Gasteiger charge is 2.20. The first-order valence-electron chi connectivity index (χ1n) is 8.50. The third-order valence-electron chi connectivity index (χ3n) is 4.17. The molecule has 1 aromatic heterocycles. The van der Waals surface area contributed by atoms with Gasteiger partial charge in [0.2, 0.25) is 5.89 Å². The first kappa shape index (κ1) is 20.0. The molecule has 0 N–H and O–H groups in total. The Bertz CT molecular complexity index is 974. The van der Waals surface area contributed by atoms with Crippen LogP contribution in [0, 0.1) is 13.8 Å². The Labute approximate surface area is 165 Å². The van der Waals surface area contributed by atoms with Gasteiger partial charge in [-0.25, -0.2) is 0 Å². The fraction of sp³-hybridized carbons (Fsp3) is 0.250. The van der Waals surface area contributed by atoms with E-state index in [1.807, 2.05) is 32.0 Å². The normalized spacial score (nSPS) is 12.2. The van der Waals surface area contributed by atoms with Gasteiger partial charge in [-0.2, -0.15) is 8.78 Å². The predicted molar refractivity (Wildman–Crippen MR) is 102 cm³/mol. The molecule has 0 amide bonds. The number of hydrogen-bond donors (Lipinski definition) is 0. The van der Waals surface area contributed by atoms with E-state index in [-0.39, 0.29) is 16.8 Å². The summed E-state index contributed by atoms with van der Waals surface area (Å²) in [6, 6.07) is 11.4. The second-order valence-corrected chi connectivity index (χ2v) is 7.49. The molecule has 1 heterocycles. The van der Waals surface area contributed by atoms with Crippen LogP contribution in [0.4, 0.5) is 8.78 Å². The van der Waals surface area contributed by atoms with Crippen molar-refractivity contribution < 1.29 is 22.7 Å². The largest absolute Gasteiger partial charge is 0.435 e. The monoisotopic (exact) mass is 404 g/mol. The fourth-order valence-corrected chi connectivity index (χ4v) is 3.25. The molecule has 0 unspecified atom stereocenters. The van der Waals surface area contributed by atoms with Crippen molar-refractivity contribution in [3.8, 4) is 17.2 Å². The van der Waals surface area contributed by atoms with Crippen LogP contribution in [-0.4, -0.2) is 27.8 Å². The standard InChI is InChI=1S/C20H18F2N2O3S/c1-11-4-5-15(10-12(11)2)18-23-24-20(27-18)28-13(3)17(25)14-6-8-16(9-7-14)26-19(21)22/h4-10,13,19H,1-3H3/t13-/m0/s1. The predicted octanol–water partition coefficient (Wildman–Crippen LogP) is 5.32. The molecule has 2 aromatic carbocycles. The summed E-state index contributed by atoms with van der Waals surface area (Å²) < 4.78 is 34.4. The molecule has 5 nitrogen and oxygen atoms in total. The van der Waals surface area contributed by atoms with Crippen molar-refractivity contribution in [1.29, 1.82) is 0 Å². The van der Waals surface area contributed by atoms with E-state index < -0.39 is 11.9 Å². The lowest BCUT2D eigenvalue weighted by Crippen LogP contribution is -2.13. The van der Waals surface area contributed by atoms with Crippen molar-refractivity contribution in [2.75, 3.05) is 0 Å². The summed E-state index contributed by atoms with van der Waals surface area (Å²) in [5.41, 5.74) is 3.49. The van der Waals surface area contributed by atoms with E-state index in [0.717, 1.165) is 22.9 Å². The van der Waals surface area contributed by atoms with Gasteiger partial charge in [-0.15, -0.1) is 10.2 Å². The van der Waals surface area contributed by atoms with E-state index in [2.05, 4.69) is 14.9 Å². The average Bonchev–Trinajstić information content (AvgIpc) is 3.12. The van der Waals surface area contributed by atoms with Gasteiger partial charge in [0.1, 0.15) is 5.75 Å². The average molecular weight is 404 g/mol. The molecule has 0 saturated heterocycles. The third kappa shape index (κ3) is 4.75. The van der Waals surface area contributed by atoms with Gasteiger partial charge in [-0.3, -0.25) is 4.79 Å². The molecule has 0 spiro atoms. The molecule has 0 bridgehead atoms. The van der Waals surface area contributed by atoms with Crippen LogP contribution in [0.1, 0.15) is 28.4 Å². The quantitative estimate of drug-likeness (QED) is 0.392. The number of aryl methyl sites for hydroxylation is 2. The summed E-state index contributed by atoms with van der Waals surface area (Å²) in [5, 5.41) is 7.84. The Hall–Kier alpha value is -2.74. The molecule has 3 rings (SSSR count). The van der Waals surface area contributed by atoms with Gasteiger partial charge in [0.25, 0.3) is 5.22 Å². The lowest BCUT2D eigenvalue weighted by molar-refractivity contribution is -0.0498. The summed E-state index contributed by atoms with van der Waals surface area (Å²) in [7, 11) is 0. The number of carbonyl (C=O) groups excluding carboxylic acids is 1. The molecule has 0 fully saturated rings. The number of benzene rings is 2. The number of hydrogen-bond acceptors (Lipinski definition) is 6. The number of halogens is 2. The third-order valence-corrected chi connectivity index (χ3v) is 5.11. The molecule has 146 valence electrons. The van der Waals surface area contributed by atoms with Crippen molar-refractivity contribution in [2.24, 2.45) is 0 Å². The summed E-state index contributed by atoms with van der Waals surface area (Å²) in [6.07, 6.45) is 0. The molecule has 0 aliphatic carbocycles.